The minimum absolute atomic E-state index is 0.189. The van der Waals surface area contributed by atoms with Crippen LogP contribution in [-0.2, 0) is 7.05 Å². The minimum Gasteiger partial charge on any atom is -0.355 e. The molecule has 0 aliphatic carbocycles. The van der Waals surface area contributed by atoms with E-state index in [4.69, 9.17) is 0 Å². The Hall–Kier alpha value is -2.51. The van der Waals surface area contributed by atoms with Gasteiger partial charge in [-0.15, -0.1) is 0 Å². The fraction of sp³-hybridized carbons (Fsp3) is 0.412. The molecule has 5 nitrogen and oxygen atoms in total. The second-order valence-corrected chi connectivity index (χ2v) is 6.08. The van der Waals surface area contributed by atoms with Gasteiger partial charge in [-0.3, -0.25) is 9.48 Å². The van der Waals surface area contributed by atoms with Gasteiger partial charge in [-0.05, 0) is 18.9 Å². The van der Waals surface area contributed by atoms with Crippen LogP contribution in [-0.4, -0.2) is 34.8 Å². The number of rotatable bonds is 4. The van der Waals surface area contributed by atoms with Gasteiger partial charge in [0.2, 0.25) is 0 Å². The Bertz CT molecular complexity index is 762. The number of halogens is 3. The second-order valence-electron chi connectivity index (χ2n) is 6.08. The van der Waals surface area contributed by atoms with E-state index in [1.54, 1.807) is 10.9 Å². The highest BCUT2D eigenvalue weighted by atomic mass is 19.3. The molecule has 0 saturated carbocycles. The number of aryl methyl sites for hydroxylation is 1. The molecule has 1 N–H and O–H groups in total. The summed E-state index contributed by atoms with van der Waals surface area (Å²) in [4.78, 5) is 14.4. The van der Waals surface area contributed by atoms with Gasteiger partial charge < -0.3 is 10.2 Å². The number of carbonyl (C=O) groups is 1. The Labute approximate surface area is 143 Å². The number of aromatic nitrogens is 2. The van der Waals surface area contributed by atoms with Gasteiger partial charge in [0.25, 0.3) is 12.3 Å². The molecule has 1 unspecified atom stereocenters. The fourth-order valence-corrected chi connectivity index (χ4v) is 3.14. The molecule has 134 valence electrons. The number of nitrogens with one attached hydrogen (secondary N) is 1. The summed E-state index contributed by atoms with van der Waals surface area (Å²) in [5.74, 6) is -0.893. The SMILES string of the molecule is Cn1nccc1N1CCCC(NC(=O)c2cccc(C(F)F)c2F)C1. The van der Waals surface area contributed by atoms with Gasteiger partial charge in [0, 0.05) is 32.2 Å². The van der Waals surface area contributed by atoms with Crippen molar-refractivity contribution in [2.75, 3.05) is 18.0 Å². The van der Waals surface area contributed by atoms with Crippen LogP contribution >= 0.6 is 0 Å². The zero-order valence-electron chi connectivity index (χ0n) is 13.8. The first-order valence-electron chi connectivity index (χ1n) is 8.07. The lowest BCUT2D eigenvalue weighted by Crippen LogP contribution is -2.48. The maximum absolute atomic E-state index is 14.1. The van der Waals surface area contributed by atoms with Crippen LogP contribution in [0.5, 0.6) is 0 Å². The molecule has 0 spiro atoms. The normalized spacial score (nSPS) is 17.8. The zero-order chi connectivity index (χ0) is 18.0. The van der Waals surface area contributed by atoms with Crippen molar-refractivity contribution in [2.45, 2.75) is 25.3 Å². The van der Waals surface area contributed by atoms with E-state index in [2.05, 4.69) is 15.3 Å². The number of amides is 1. The molecule has 1 amide bonds. The van der Waals surface area contributed by atoms with E-state index >= 15 is 0 Å². The number of piperidine rings is 1. The molecule has 3 rings (SSSR count). The summed E-state index contributed by atoms with van der Waals surface area (Å²) in [7, 11) is 1.84. The number of benzene rings is 1. The van der Waals surface area contributed by atoms with Gasteiger partial charge in [0.15, 0.2) is 0 Å². The maximum Gasteiger partial charge on any atom is 0.266 e. The maximum atomic E-state index is 14.1. The topological polar surface area (TPSA) is 50.2 Å². The van der Waals surface area contributed by atoms with E-state index in [-0.39, 0.29) is 11.6 Å². The highest BCUT2D eigenvalue weighted by molar-refractivity contribution is 5.95. The molecular formula is C17H19F3N4O. The van der Waals surface area contributed by atoms with E-state index in [0.717, 1.165) is 31.3 Å². The average Bonchev–Trinajstić information content (AvgIpc) is 3.01. The molecule has 25 heavy (non-hydrogen) atoms. The molecule has 1 fully saturated rings. The number of hydrogen-bond acceptors (Lipinski definition) is 3. The van der Waals surface area contributed by atoms with Crippen LogP contribution in [0.2, 0.25) is 0 Å². The van der Waals surface area contributed by atoms with E-state index in [9.17, 15) is 18.0 Å². The summed E-state index contributed by atoms with van der Waals surface area (Å²) >= 11 is 0. The molecule has 2 aromatic rings. The highest BCUT2D eigenvalue weighted by Crippen LogP contribution is 2.24. The summed E-state index contributed by atoms with van der Waals surface area (Å²) in [6, 6.07) is 5.17. The number of anilines is 1. The van der Waals surface area contributed by atoms with Gasteiger partial charge in [-0.2, -0.15) is 5.10 Å². The summed E-state index contributed by atoms with van der Waals surface area (Å²) in [5, 5.41) is 6.89. The minimum atomic E-state index is -2.96. The largest absolute Gasteiger partial charge is 0.355 e. The summed E-state index contributed by atoms with van der Waals surface area (Å²) in [5.41, 5.74) is -1.11. The van der Waals surface area contributed by atoms with Gasteiger partial charge in [0.05, 0.1) is 17.3 Å². The quantitative estimate of drug-likeness (QED) is 0.921. The number of carbonyl (C=O) groups excluding carboxylic acids is 1. The summed E-state index contributed by atoms with van der Waals surface area (Å²) in [6.07, 6.45) is 0.344. The predicted molar refractivity (Wildman–Crippen MR) is 87.3 cm³/mol. The number of hydrogen-bond donors (Lipinski definition) is 1. The van der Waals surface area contributed by atoms with E-state index in [0.29, 0.717) is 6.54 Å². The van der Waals surface area contributed by atoms with Crippen molar-refractivity contribution in [3.05, 3.63) is 47.4 Å². The van der Waals surface area contributed by atoms with E-state index in [1.165, 1.54) is 12.1 Å². The van der Waals surface area contributed by atoms with E-state index in [1.807, 2.05) is 13.1 Å². The monoisotopic (exact) mass is 352 g/mol. The average molecular weight is 352 g/mol. The van der Waals surface area contributed by atoms with Crippen molar-refractivity contribution in [3.8, 4) is 0 Å². The molecule has 1 aliphatic heterocycles. The molecule has 0 radical (unpaired) electrons. The lowest BCUT2D eigenvalue weighted by atomic mass is 10.0. The smallest absolute Gasteiger partial charge is 0.266 e. The van der Waals surface area contributed by atoms with Crippen LogP contribution in [0.3, 0.4) is 0 Å². The third-order valence-electron chi connectivity index (χ3n) is 4.38. The first-order valence-corrected chi connectivity index (χ1v) is 8.07. The van der Waals surface area contributed by atoms with Gasteiger partial charge in [0.1, 0.15) is 11.6 Å². The highest BCUT2D eigenvalue weighted by Gasteiger charge is 2.26. The van der Waals surface area contributed by atoms with Crippen molar-refractivity contribution < 1.29 is 18.0 Å². The predicted octanol–water partition coefficient (Wildman–Crippen LogP) is 2.90. The Morgan fingerprint density at radius 2 is 2.16 bits per heavy atom. The molecule has 1 aromatic heterocycles. The van der Waals surface area contributed by atoms with Crippen molar-refractivity contribution in [2.24, 2.45) is 7.05 Å². The van der Waals surface area contributed by atoms with Crippen molar-refractivity contribution in [1.82, 2.24) is 15.1 Å². The Morgan fingerprint density at radius 3 is 2.84 bits per heavy atom. The van der Waals surface area contributed by atoms with Crippen LogP contribution in [0, 0.1) is 5.82 Å². The number of nitrogens with zero attached hydrogens (tertiary/aromatic N) is 3. The van der Waals surface area contributed by atoms with Crippen LogP contribution in [0.4, 0.5) is 19.0 Å². The molecule has 8 heteroatoms. The van der Waals surface area contributed by atoms with Crippen molar-refractivity contribution >= 4 is 11.7 Å². The molecule has 1 atom stereocenters. The molecule has 1 saturated heterocycles. The van der Waals surface area contributed by atoms with Crippen molar-refractivity contribution in [1.29, 1.82) is 0 Å². The zero-order valence-corrected chi connectivity index (χ0v) is 13.8. The van der Waals surface area contributed by atoms with E-state index < -0.39 is 23.7 Å². The Morgan fingerprint density at radius 1 is 1.36 bits per heavy atom. The first-order chi connectivity index (χ1) is 12.0. The molecular weight excluding hydrogens is 333 g/mol. The molecule has 0 bridgehead atoms. The Balaban J connectivity index is 1.71. The third kappa shape index (κ3) is 3.62. The molecule has 1 aliphatic rings. The fourth-order valence-electron chi connectivity index (χ4n) is 3.14. The van der Waals surface area contributed by atoms with Crippen molar-refractivity contribution in [3.63, 3.8) is 0 Å². The van der Waals surface area contributed by atoms with Gasteiger partial charge in [-0.1, -0.05) is 12.1 Å². The van der Waals surface area contributed by atoms with Crippen LogP contribution < -0.4 is 10.2 Å². The Kier molecular flexibility index (Phi) is 4.96. The standard InChI is InChI=1S/C17H19F3N4O/c1-23-14(7-8-21-23)24-9-3-4-11(10-24)22-17(25)13-6-2-5-12(15(13)18)16(19)20/h2,5-8,11,16H,3-4,9-10H2,1H3,(H,22,25). The van der Waals surface area contributed by atoms with Gasteiger partial charge >= 0.3 is 0 Å². The lowest BCUT2D eigenvalue weighted by molar-refractivity contribution is 0.0927. The third-order valence-corrected chi connectivity index (χ3v) is 4.38. The first kappa shape index (κ1) is 17.3. The van der Waals surface area contributed by atoms with Gasteiger partial charge in [-0.25, -0.2) is 13.2 Å². The van der Waals surface area contributed by atoms with Crippen LogP contribution in [0.15, 0.2) is 30.5 Å². The summed E-state index contributed by atoms with van der Waals surface area (Å²) < 4.78 is 41.4. The summed E-state index contributed by atoms with van der Waals surface area (Å²) in [6.45, 7) is 1.39. The molecule has 2 heterocycles. The van der Waals surface area contributed by atoms with Crippen LogP contribution in [0.25, 0.3) is 0 Å². The number of alkyl halides is 2. The lowest BCUT2D eigenvalue weighted by Gasteiger charge is -2.34. The second kappa shape index (κ2) is 7.16. The van der Waals surface area contributed by atoms with Crippen LogP contribution in [0.1, 0.15) is 35.2 Å². The molecule has 1 aromatic carbocycles.